The van der Waals surface area contributed by atoms with Crippen LogP contribution in [0.4, 0.5) is 9.59 Å². The fourth-order valence-electron chi connectivity index (χ4n) is 6.00. The van der Waals surface area contributed by atoms with E-state index in [0.717, 1.165) is 26.7 Å². The summed E-state index contributed by atoms with van der Waals surface area (Å²) in [5, 5.41) is 12.0. The zero-order valence-electron chi connectivity index (χ0n) is 34.1. The summed E-state index contributed by atoms with van der Waals surface area (Å²) in [5.41, 5.74) is 4.22. The number of carbonyl (C=O) groups is 4. The van der Waals surface area contributed by atoms with Crippen LogP contribution in [0.3, 0.4) is 0 Å². The topological polar surface area (TPSA) is 170 Å². The molecule has 0 aliphatic carbocycles. The largest absolute Gasteiger partial charge is 0.458 e. The molecule has 0 bridgehead atoms. The number of esters is 1. The molecule has 0 aliphatic rings. The molecular formula is C42H56N6O8S2. The van der Waals surface area contributed by atoms with Gasteiger partial charge in [0, 0.05) is 44.1 Å². The Balaban J connectivity index is 1.60. The van der Waals surface area contributed by atoms with Crippen molar-refractivity contribution < 1.29 is 38.1 Å². The molecule has 0 saturated carbocycles. The number of nitrogens with one attached hydrogen (secondary N) is 3. The van der Waals surface area contributed by atoms with Gasteiger partial charge >= 0.3 is 18.1 Å². The summed E-state index contributed by atoms with van der Waals surface area (Å²) in [6.45, 7) is 8.27. The average Bonchev–Trinajstić information content (AvgIpc) is 3.91. The zero-order chi connectivity index (χ0) is 41.9. The third kappa shape index (κ3) is 15.8. The Bertz CT molecular complexity index is 1830. The molecule has 4 amide bonds. The van der Waals surface area contributed by atoms with Crippen LogP contribution in [0.5, 0.6) is 0 Å². The van der Waals surface area contributed by atoms with Crippen LogP contribution in [-0.4, -0.2) is 97.1 Å². The number of benzene rings is 2. The monoisotopic (exact) mass is 836 g/mol. The van der Waals surface area contributed by atoms with Crippen molar-refractivity contribution in [1.29, 1.82) is 0 Å². The van der Waals surface area contributed by atoms with Crippen molar-refractivity contribution in [2.24, 2.45) is 5.92 Å². The lowest BCUT2D eigenvalue weighted by molar-refractivity contribution is -0.157. The first-order valence-corrected chi connectivity index (χ1v) is 21.1. The van der Waals surface area contributed by atoms with Gasteiger partial charge in [0.05, 0.1) is 46.9 Å². The van der Waals surface area contributed by atoms with E-state index in [1.807, 2.05) is 79.9 Å². The van der Waals surface area contributed by atoms with Gasteiger partial charge in [-0.05, 0) is 29.9 Å². The van der Waals surface area contributed by atoms with Crippen LogP contribution in [0.15, 0.2) is 77.8 Å². The molecule has 4 atom stereocenters. The second-order valence-electron chi connectivity index (χ2n) is 14.5. The van der Waals surface area contributed by atoms with Gasteiger partial charge in [0.15, 0.2) is 0 Å². The van der Waals surface area contributed by atoms with E-state index in [4.69, 9.17) is 18.9 Å². The molecule has 0 radical (unpaired) electrons. The molecule has 0 saturated heterocycles. The van der Waals surface area contributed by atoms with Crippen molar-refractivity contribution >= 4 is 46.7 Å². The van der Waals surface area contributed by atoms with E-state index in [2.05, 4.69) is 39.8 Å². The average molecular weight is 837 g/mol. The maximum absolute atomic E-state index is 14.2. The van der Waals surface area contributed by atoms with Gasteiger partial charge in [-0.2, -0.15) is 0 Å². The van der Waals surface area contributed by atoms with Crippen molar-refractivity contribution in [2.45, 2.75) is 90.3 Å². The number of urea groups is 1. The smallest absolute Gasteiger partial charge is 0.407 e. The zero-order valence-corrected chi connectivity index (χ0v) is 35.7. The minimum Gasteiger partial charge on any atom is -0.458 e. The van der Waals surface area contributed by atoms with Crippen LogP contribution in [0, 0.1) is 5.92 Å². The number of carbonyl (C=O) groups excluding carboxylic acids is 4. The molecule has 314 valence electrons. The van der Waals surface area contributed by atoms with Gasteiger partial charge in [0.2, 0.25) is 5.91 Å². The molecule has 2 heterocycles. The quantitative estimate of drug-likeness (QED) is 0.0585. The van der Waals surface area contributed by atoms with Crippen molar-refractivity contribution in [2.75, 3.05) is 34.0 Å². The predicted molar refractivity (Wildman–Crippen MR) is 223 cm³/mol. The molecule has 4 rings (SSSR count). The summed E-state index contributed by atoms with van der Waals surface area (Å²) in [4.78, 5) is 65.4. The van der Waals surface area contributed by atoms with Crippen LogP contribution in [0.2, 0.25) is 0 Å². The highest BCUT2D eigenvalue weighted by atomic mass is 32.1. The Kier molecular flexibility index (Phi) is 19.0. The van der Waals surface area contributed by atoms with Gasteiger partial charge in [-0.25, -0.2) is 19.4 Å². The van der Waals surface area contributed by atoms with Gasteiger partial charge in [0.25, 0.3) is 0 Å². The number of hydrogen-bond acceptors (Lipinski definition) is 12. The second kappa shape index (κ2) is 24.1. The molecule has 0 spiro atoms. The van der Waals surface area contributed by atoms with Crippen molar-refractivity contribution in [3.63, 3.8) is 0 Å². The Morgan fingerprint density at radius 2 is 1.55 bits per heavy atom. The van der Waals surface area contributed by atoms with E-state index >= 15 is 0 Å². The maximum Gasteiger partial charge on any atom is 0.407 e. The summed E-state index contributed by atoms with van der Waals surface area (Å²) in [6, 6.07) is 16.4. The van der Waals surface area contributed by atoms with Crippen molar-refractivity contribution in [1.82, 2.24) is 30.8 Å². The maximum atomic E-state index is 14.2. The first-order valence-electron chi connectivity index (χ1n) is 19.3. The number of aromatic nitrogens is 2. The SMILES string of the molecule is COCCOCC(=O)O[C@@H](C[C@H](Cc1ccccc1)NC(=O)[C@@H](NC(=O)N(C)Cc1csc(C(C)C)n1)C(C)C)[C@H](Cc1ccccc1)NC(=O)OCc1cncs1. The molecule has 16 heteroatoms. The number of rotatable bonds is 23. The Morgan fingerprint density at radius 1 is 0.862 bits per heavy atom. The third-order valence-electron chi connectivity index (χ3n) is 9.04. The molecule has 0 unspecified atom stereocenters. The molecule has 14 nitrogen and oxygen atoms in total. The van der Waals surface area contributed by atoms with E-state index in [1.54, 1.807) is 30.1 Å². The molecule has 2 aromatic heterocycles. The molecule has 0 aliphatic heterocycles. The van der Waals surface area contributed by atoms with E-state index in [1.165, 1.54) is 23.3 Å². The van der Waals surface area contributed by atoms with E-state index in [9.17, 15) is 19.2 Å². The van der Waals surface area contributed by atoms with Crippen LogP contribution in [0.25, 0.3) is 0 Å². The fourth-order valence-corrected chi connectivity index (χ4v) is 7.33. The van der Waals surface area contributed by atoms with E-state index in [-0.39, 0.29) is 51.0 Å². The lowest BCUT2D eigenvalue weighted by Gasteiger charge is -2.32. The predicted octanol–water partition coefficient (Wildman–Crippen LogP) is 6.12. The normalized spacial score (nSPS) is 13.3. The van der Waals surface area contributed by atoms with Gasteiger partial charge in [-0.3, -0.25) is 9.78 Å². The summed E-state index contributed by atoms with van der Waals surface area (Å²) < 4.78 is 22.2. The summed E-state index contributed by atoms with van der Waals surface area (Å²) >= 11 is 2.91. The van der Waals surface area contributed by atoms with Crippen LogP contribution in [-0.2, 0) is 54.5 Å². The molecule has 2 aromatic carbocycles. The summed E-state index contributed by atoms with van der Waals surface area (Å²) in [5.74, 6) is -1.06. The highest BCUT2D eigenvalue weighted by Crippen LogP contribution is 2.21. The summed E-state index contributed by atoms with van der Waals surface area (Å²) in [7, 11) is 3.20. The lowest BCUT2D eigenvalue weighted by atomic mass is 9.92. The summed E-state index contributed by atoms with van der Waals surface area (Å²) in [6.07, 6.45) is 0.686. The molecular weight excluding hydrogens is 781 g/mol. The minimum atomic E-state index is -0.962. The lowest BCUT2D eigenvalue weighted by Crippen LogP contribution is -2.56. The number of alkyl carbamates (subject to hydrolysis) is 1. The Hall–Kier alpha value is -4.90. The first-order chi connectivity index (χ1) is 27.9. The van der Waals surface area contributed by atoms with E-state index in [0.29, 0.717) is 13.0 Å². The van der Waals surface area contributed by atoms with Gasteiger partial charge in [-0.15, -0.1) is 22.7 Å². The molecule has 0 fully saturated rings. The molecule has 58 heavy (non-hydrogen) atoms. The van der Waals surface area contributed by atoms with Crippen molar-refractivity contribution in [3.05, 3.63) is 104 Å². The molecule has 3 N–H and O–H groups in total. The molecule has 4 aromatic rings. The minimum absolute atomic E-state index is 0.0132. The number of nitrogens with zero attached hydrogens (tertiary/aromatic N) is 3. The van der Waals surface area contributed by atoms with Gasteiger partial charge < -0.3 is 39.8 Å². The number of ether oxygens (including phenoxy) is 4. The number of thiazole rings is 2. The second-order valence-corrected chi connectivity index (χ2v) is 16.4. The number of hydrogen-bond donors (Lipinski definition) is 3. The van der Waals surface area contributed by atoms with Crippen LogP contribution < -0.4 is 16.0 Å². The fraction of sp³-hybridized carbons (Fsp3) is 0.476. The number of methoxy groups -OCH3 is 1. The standard InChI is InChI=1S/C42H56N6O8S2/c1-28(2)38(47-41(51)48(5)23-33-26-57-40(45-33)29(3)4)39(50)44-32(19-30-13-9-7-10-14-30)21-36(56-37(49)25-54-18-17-53-6)35(20-31-15-11-8-12-16-31)46-42(52)55-24-34-22-43-27-58-34/h7-16,22,26-29,32,35-36,38H,17-21,23-25H2,1-6H3,(H,44,50)(H,46,52)(H,47,51)/t32-,35-,36-,38-/m0/s1. The van der Waals surface area contributed by atoms with Gasteiger partial charge in [-0.1, -0.05) is 88.4 Å². The first kappa shape index (κ1) is 45.8. The highest BCUT2D eigenvalue weighted by Gasteiger charge is 2.34. The Labute approximate surface area is 349 Å². The highest BCUT2D eigenvalue weighted by molar-refractivity contribution is 7.09. The Morgan fingerprint density at radius 3 is 2.16 bits per heavy atom. The van der Waals surface area contributed by atoms with Crippen LogP contribution in [0.1, 0.15) is 66.7 Å². The van der Waals surface area contributed by atoms with E-state index < -0.39 is 48.2 Å². The number of amides is 4. The third-order valence-corrected chi connectivity index (χ3v) is 11.0. The van der Waals surface area contributed by atoms with Crippen LogP contribution >= 0.6 is 22.7 Å². The van der Waals surface area contributed by atoms with Crippen molar-refractivity contribution in [3.8, 4) is 0 Å². The van der Waals surface area contributed by atoms with Gasteiger partial charge in [0.1, 0.15) is 25.4 Å².